The summed E-state index contributed by atoms with van der Waals surface area (Å²) in [6.07, 6.45) is 1.11. The number of likely N-dealkylation sites (tertiary alicyclic amines) is 1. The van der Waals surface area contributed by atoms with E-state index in [0.717, 1.165) is 0 Å². The first kappa shape index (κ1) is 14.6. The molecule has 1 atom stereocenters. The third-order valence-electron chi connectivity index (χ3n) is 3.63. The van der Waals surface area contributed by atoms with Gasteiger partial charge in [0.05, 0.1) is 0 Å². The molecule has 0 bridgehead atoms. The molecular weight excluding hydrogens is 307 g/mol. The quantitative estimate of drug-likeness (QED) is 0.944. The minimum absolute atomic E-state index is 0.163. The molecule has 5 nitrogen and oxygen atoms in total. The number of hydrogen-bond donors (Lipinski definition) is 1. The average Bonchev–Trinajstić information content (AvgIpc) is 3.16. The van der Waals surface area contributed by atoms with Crippen molar-refractivity contribution in [3.8, 4) is 10.6 Å². The molecule has 1 N–H and O–H groups in total. The number of amides is 1. The lowest BCUT2D eigenvalue weighted by Crippen LogP contribution is -2.40. The number of hydrogen-bond acceptors (Lipinski definition) is 4. The summed E-state index contributed by atoms with van der Waals surface area (Å²) in [6.45, 7) is 0.405. The first-order chi connectivity index (χ1) is 10.6. The molecule has 1 aromatic carbocycles. The van der Waals surface area contributed by atoms with Crippen molar-refractivity contribution in [3.05, 3.63) is 41.2 Å². The van der Waals surface area contributed by atoms with Crippen LogP contribution in [0.4, 0.5) is 4.39 Å². The lowest BCUT2D eigenvalue weighted by atomic mass is 10.2. The van der Waals surface area contributed by atoms with Crippen LogP contribution in [0, 0.1) is 5.82 Å². The van der Waals surface area contributed by atoms with E-state index in [-0.39, 0.29) is 5.69 Å². The number of carbonyl (C=O) groups is 2. The van der Waals surface area contributed by atoms with Gasteiger partial charge in [-0.1, -0.05) is 12.1 Å². The monoisotopic (exact) mass is 320 g/mol. The van der Waals surface area contributed by atoms with Crippen LogP contribution in [-0.4, -0.2) is 39.5 Å². The average molecular weight is 320 g/mol. The van der Waals surface area contributed by atoms with Crippen LogP contribution in [0.5, 0.6) is 0 Å². The Morgan fingerprint density at radius 3 is 2.86 bits per heavy atom. The van der Waals surface area contributed by atoms with Crippen LogP contribution in [0.1, 0.15) is 23.3 Å². The van der Waals surface area contributed by atoms with Crippen molar-refractivity contribution in [2.45, 2.75) is 18.9 Å². The number of thiazole rings is 1. The van der Waals surface area contributed by atoms with E-state index in [1.165, 1.54) is 22.3 Å². The lowest BCUT2D eigenvalue weighted by Gasteiger charge is -2.20. The fourth-order valence-corrected chi connectivity index (χ4v) is 3.36. The van der Waals surface area contributed by atoms with Crippen LogP contribution in [-0.2, 0) is 4.79 Å². The molecule has 1 amide bonds. The normalized spacial score (nSPS) is 17.7. The molecule has 114 valence electrons. The van der Waals surface area contributed by atoms with Crippen LogP contribution in [0.2, 0.25) is 0 Å². The summed E-state index contributed by atoms with van der Waals surface area (Å²) in [5, 5.41) is 11.1. The zero-order valence-electron chi connectivity index (χ0n) is 11.5. The van der Waals surface area contributed by atoms with Gasteiger partial charge in [0.15, 0.2) is 0 Å². The van der Waals surface area contributed by atoms with Crippen LogP contribution >= 0.6 is 11.3 Å². The van der Waals surface area contributed by atoms with E-state index < -0.39 is 23.7 Å². The number of carboxylic acids is 1. The largest absolute Gasteiger partial charge is 0.480 e. The molecule has 1 aliphatic rings. The van der Waals surface area contributed by atoms with E-state index in [2.05, 4.69) is 4.98 Å². The molecule has 7 heteroatoms. The number of aromatic nitrogens is 1. The summed E-state index contributed by atoms with van der Waals surface area (Å²) in [5.74, 6) is -1.82. The molecular formula is C15H13FN2O3S. The second-order valence-corrected chi connectivity index (χ2v) is 5.87. The SMILES string of the molecule is O=C(O)C1CCCN1C(=O)c1csc(-c2ccccc2F)n1. The number of aliphatic carboxylic acids is 1. The Kier molecular flexibility index (Phi) is 3.89. The van der Waals surface area contributed by atoms with Gasteiger partial charge in [-0.25, -0.2) is 14.2 Å². The molecule has 0 radical (unpaired) electrons. The molecule has 1 aliphatic heterocycles. The van der Waals surface area contributed by atoms with E-state index in [1.807, 2.05) is 0 Å². The van der Waals surface area contributed by atoms with Crippen LogP contribution in [0.25, 0.3) is 10.6 Å². The predicted octanol–water partition coefficient (Wildman–Crippen LogP) is 2.64. The fourth-order valence-electron chi connectivity index (χ4n) is 2.54. The molecule has 1 fully saturated rings. The van der Waals surface area contributed by atoms with E-state index in [9.17, 15) is 14.0 Å². The second-order valence-electron chi connectivity index (χ2n) is 5.01. The minimum atomic E-state index is -1.00. The van der Waals surface area contributed by atoms with Crippen molar-refractivity contribution in [1.29, 1.82) is 0 Å². The molecule has 1 aromatic heterocycles. The highest BCUT2D eigenvalue weighted by atomic mass is 32.1. The Hall–Kier alpha value is -2.28. The summed E-state index contributed by atoms with van der Waals surface area (Å²) in [5.41, 5.74) is 0.499. The molecule has 22 heavy (non-hydrogen) atoms. The van der Waals surface area contributed by atoms with Crippen molar-refractivity contribution < 1.29 is 19.1 Å². The van der Waals surface area contributed by atoms with Crippen molar-refractivity contribution in [3.63, 3.8) is 0 Å². The van der Waals surface area contributed by atoms with Gasteiger partial charge in [-0.05, 0) is 25.0 Å². The van der Waals surface area contributed by atoms with Crippen LogP contribution in [0.15, 0.2) is 29.6 Å². The number of carbonyl (C=O) groups excluding carboxylic acids is 1. The number of rotatable bonds is 3. The van der Waals surface area contributed by atoms with Crippen molar-refractivity contribution in [2.24, 2.45) is 0 Å². The van der Waals surface area contributed by atoms with Gasteiger partial charge < -0.3 is 10.0 Å². The molecule has 0 spiro atoms. The molecule has 2 aromatic rings. The van der Waals surface area contributed by atoms with Gasteiger partial charge in [0.25, 0.3) is 5.91 Å². The van der Waals surface area contributed by atoms with E-state index >= 15 is 0 Å². The van der Waals surface area contributed by atoms with Gasteiger partial charge in [-0.15, -0.1) is 11.3 Å². The number of halogens is 1. The van der Waals surface area contributed by atoms with E-state index in [4.69, 9.17) is 5.11 Å². The Morgan fingerprint density at radius 2 is 2.14 bits per heavy atom. The molecule has 0 aliphatic carbocycles. The summed E-state index contributed by atoms with van der Waals surface area (Å²) < 4.78 is 13.7. The second kappa shape index (κ2) is 5.84. The van der Waals surface area contributed by atoms with Gasteiger partial charge in [-0.2, -0.15) is 0 Å². The maximum atomic E-state index is 13.7. The van der Waals surface area contributed by atoms with Crippen molar-refractivity contribution in [1.82, 2.24) is 9.88 Å². The number of benzene rings is 1. The molecule has 1 unspecified atom stereocenters. The highest BCUT2D eigenvalue weighted by molar-refractivity contribution is 7.13. The molecule has 2 heterocycles. The maximum Gasteiger partial charge on any atom is 0.326 e. The summed E-state index contributed by atoms with van der Waals surface area (Å²) >= 11 is 1.17. The molecule has 1 saturated heterocycles. The van der Waals surface area contributed by atoms with Gasteiger partial charge in [0.2, 0.25) is 0 Å². The Morgan fingerprint density at radius 1 is 1.36 bits per heavy atom. The lowest BCUT2D eigenvalue weighted by molar-refractivity contribution is -0.141. The third kappa shape index (κ3) is 2.59. The Labute approximate surface area is 130 Å². The van der Waals surface area contributed by atoms with Gasteiger partial charge in [-0.3, -0.25) is 4.79 Å². The summed E-state index contributed by atoms with van der Waals surface area (Å²) in [6, 6.07) is 5.41. The third-order valence-corrected chi connectivity index (χ3v) is 4.50. The van der Waals surface area contributed by atoms with Gasteiger partial charge in [0.1, 0.15) is 22.6 Å². The highest BCUT2D eigenvalue weighted by Gasteiger charge is 2.35. The summed E-state index contributed by atoms with van der Waals surface area (Å²) in [4.78, 5) is 29.1. The van der Waals surface area contributed by atoms with Gasteiger partial charge >= 0.3 is 5.97 Å². The number of carboxylic acid groups (broad SMARTS) is 1. The standard InChI is InChI=1S/C15H13FN2O3S/c16-10-5-2-1-4-9(10)13-17-11(8-22-13)14(19)18-7-3-6-12(18)15(20)21/h1-2,4-5,8,12H,3,6-7H2,(H,20,21). The zero-order chi connectivity index (χ0) is 15.7. The highest BCUT2D eigenvalue weighted by Crippen LogP contribution is 2.28. The fraction of sp³-hybridized carbons (Fsp3) is 0.267. The number of nitrogens with zero attached hydrogens (tertiary/aromatic N) is 2. The first-order valence-corrected chi connectivity index (χ1v) is 7.70. The minimum Gasteiger partial charge on any atom is -0.480 e. The summed E-state index contributed by atoms with van der Waals surface area (Å²) in [7, 11) is 0. The Bertz CT molecular complexity index is 731. The van der Waals surface area contributed by atoms with E-state index in [1.54, 1.807) is 23.6 Å². The topological polar surface area (TPSA) is 70.5 Å². The van der Waals surface area contributed by atoms with Gasteiger partial charge in [0, 0.05) is 17.5 Å². The van der Waals surface area contributed by atoms with Crippen LogP contribution < -0.4 is 0 Å². The van der Waals surface area contributed by atoms with Crippen molar-refractivity contribution >= 4 is 23.2 Å². The first-order valence-electron chi connectivity index (χ1n) is 6.82. The molecule has 3 rings (SSSR count). The Balaban J connectivity index is 1.86. The maximum absolute atomic E-state index is 13.7. The van der Waals surface area contributed by atoms with Crippen LogP contribution in [0.3, 0.4) is 0 Å². The van der Waals surface area contributed by atoms with E-state index in [0.29, 0.717) is 30.0 Å². The smallest absolute Gasteiger partial charge is 0.326 e. The van der Waals surface area contributed by atoms with Crippen molar-refractivity contribution in [2.75, 3.05) is 6.54 Å². The molecule has 0 saturated carbocycles. The predicted molar refractivity (Wildman–Crippen MR) is 79.2 cm³/mol. The zero-order valence-corrected chi connectivity index (χ0v) is 12.3.